The Labute approximate surface area is 257 Å². The van der Waals surface area contributed by atoms with Crippen molar-refractivity contribution in [3.05, 3.63) is 118 Å². The predicted octanol–water partition coefficient (Wildman–Crippen LogP) is 4.12. The van der Waals surface area contributed by atoms with E-state index in [1.54, 1.807) is 61.5 Å². The zero-order valence-electron chi connectivity index (χ0n) is 24.6. The lowest BCUT2D eigenvalue weighted by Gasteiger charge is -2.21. The molecule has 3 unspecified atom stereocenters. The van der Waals surface area contributed by atoms with Gasteiger partial charge in [0.15, 0.2) is 0 Å². The van der Waals surface area contributed by atoms with Gasteiger partial charge in [-0.1, -0.05) is 55.5 Å². The first-order valence-electron chi connectivity index (χ1n) is 14.2. The highest BCUT2D eigenvalue weighted by Gasteiger charge is 2.48. The number of nitrogens with one attached hydrogen (secondary N) is 1. The number of hydrogen-bond acceptors (Lipinski definition) is 8. The van der Waals surface area contributed by atoms with Crippen molar-refractivity contribution in [3.8, 4) is 5.75 Å². The van der Waals surface area contributed by atoms with E-state index in [2.05, 4.69) is 4.72 Å². The van der Waals surface area contributed by atoms with Crippen molar-refractivity contribution in [1.29, 1.82) is 0 Å². The molecule has 12 heteroatoms. The molecule has 1 aliphatic carbocycles. The third kappa shape index (κ3) is 6.58. The normalized spacial score (nSPS) is 17.4. The zero-order valence-corrected chi connectivity index (χ0v) is 26.3. The molecule has 44 heavy (non-hydrogen) atoms. The van der Waals surface area contributed by atoms with Crippen LogP contribution in [-0.2, 0) is 26.6 Å². The first-order valence-corrected chi connectivity index (χ1v) is 17.1. The molecule has 2 N–H and O–H groups in total. The van der Waals surface area contributed by atoms with Gasteiger partial charge in [-0.25, -0.2) is 26.4 Å². The Morgan fingerprint density at radius 2 is 1.52 bits per heavy atom. The Bertz CT molecular complexity index is 1880. The first kappa shape index (κ1) is 31.5. The second kappa shape index (κ2) is 12.6. The number of nitrogens with zero attached hydrogens (tertiary/aromatic N) is 2. The summed E-state index contributed by atoms with van der Waals surface area (Å²) in [6.45, 7) is 1.52. The largest absolute Gasteiger partial charge is 0.507 e. The van der Waals surface area contributed by atoms with E-state index in [0.717, 1.165) is 9.99 Å². The minimum atomic E-state index is -3.88. The number of aromatic hydroxyl groups is 1. The summed E-state index contributed by atoms with van der Waals surface area (Å²) in [6, 6.07) is 24.3. The third-order valence-corrected chi connectivity index (χ3v) is 11.2. The summed E-state index contributed by atoms with van der Waals surface area (Å²) in [4.78, 5) is 15.6. The van der Waals surface area contributed by atoms with Crippen LogP contribution < -0.4 is 15.2 Å². The summed E-state index contributed by atoms with van der Waals surface area (Å²) in [6.07, 6.45) is 0.439. The summed E-state index contributed by atoms with van der Waals surface area (Å²) in [5.41, 5.74) is 0.764. The van der Waals surface area contributed by atoms with E-state index in [1.807, 2.05) is 37.2 Å². The van der Waals surface area contributed by atoms with Gasteiger partial charge in [0.1, 0.15) is 11.5 Å². The van der Waals surface area contributed by atoms with Gasteiger partial charge in [0.05, 0.1) is 21.9 Å². The molecule has 4 aromatic rings. The van der Waals surface area contributed by atoms with Gasteiger partial charge in [0, 0.05) is 44.4 Å². The van der Waals surface area contributed by atoms with E-state index in [9.17, 15) is 26.7 Å². The van der Waals surface area contributed by atoms with Crippen molar-refractivity contribution in [2.24, 2.45) is 5.92 Å². The van der Waals surface area contributed by atoms with Crippen molar-refractivity contribution in [2.45, 2.75) is 41.6 Å². The lowest BCUT2D eigenvalue weighted by Crippen LogP contribution is -2.31. The summed E-state index contributed by atoms with van der Waals surface area (Å²) in [5.74, 6) is -1.36. The van der Waals surface area contributed by atoms with Gasteiger partial charge in [-0.3, -0.25) is 0 Å². The second-order valence-corrected chi connectivity index (χ2v) is 14.6. The van der Waals surface area contributed by atoms with E-state index in [4.69, 9.17) is 4.42 Å². The molecule has 3 aromatic carbocycles. The van der Waals surface area contributed by atoms with Gasteiger partial charge in [-0.2, -0.15) is 4.31 Å². The zero-order chi connectivity index (χ0) is 31.6. The van der Waals surface area contributed by atoms with Gasteiger partial charge in [-0.15, -0.1) is 0 Å². The average Bonchev–Trinajstić information content (AvgIpc) is 3.75. The Morgan fingerprint density at radius 1 is 0.909 bits per heavy atom. The maximum Gasteiger partial charge on any atom is 0.343 e. The minimum absolute atomic E-state index is 0.00375. The molecule has 1 saturated carbocycles. The van der Waals surface area contributed by atoms with Crippen molar-refractivity contribution < 1.29 is 26.4 Å². The van der Waals surface area contributed by atoms with Crippen LogP contribution >= 0.6 is 0 Å². The highest BCUT2D eigenvalue weighted by Crippen LogP contribution is 2.48. The molecule has 10 nitrogen and oxygen atoms in total. The molecule has 1 fully saturated rings. The molecule has 232 valence electrons. The summed E-state index contributed by atoms with van der Waals surface area (Å²) < 4.78 is 62.3. The molecule has 0 spiro atoms. The quantitative estimate of drug-likeness (QED) is 0.237. The molecular weight excluding hydrogens is 603 g/mol. The van der Waals surface area contributed by atoms with Crippen LogP contribution in [0.5, 0.6) is 5.75 Å². The lowest BCUT2D eigenvalue weighted by atomic mass is 9.87. The molecule has 0 radical (unpaired) electrons. The number of rotatable bonds is 12. The molecule has 1 aromatic heterocycles. The molecule has 3 atom stereocenters. The number of benzene rings is 3. The monoisotopic (exact) mass is 637 g/mol. The molecule has 0 amide bonds. The maximum absolute atomic E-state index is 13.5. The van der Waals surface area contributed by atoms with E-state index >= 15 is 0 Å². The first-order chi connectivity index (χ1) is 20.9. The van der Waals surface area contributed by atoms with Gasteiger partial charge < -0.3 is 14.4 Å². The highest BCUT2D eigenvalue weighted by molar-refractivity contribution is 7.89. The molecule has 1 aliphatic rings. The van der Waals surface area contributed by atoms with Gasteiger partial charge in [0.2, 0.25) is 20.0 Å². The van der Waals surface area contributed by atoms with Crippen LogP contribution in [0.4, 0.5) is 5.69 Å². The van der Waals surface area contributed by atoms with Crippen LogP contribution in [0, 0.1) is 5.92 Å². The molecule has 0 bridgehead atoms. The predicted molar refractivity (Wildman–Crippen MR) is 168 cm³/mol. The Balaban J connectivity index is 1.42. The molecule has 5 rings (SSSR count). The standard InChI is InChI=1S/C32H35N3O7S2/c1-4-35(44(40,41)26-13-9-6-10-14-26)21-24-19-29(36)31(32(37)42-24)30(22-11-7-5-8-12-22)27-20-28(27)33-43(38,39)25-17-15-23(16-18-25)34(2)3/h5-19,27-28,30,33,36H,4,20-21H2,1-3H3. The van der Waals surface area contributed by atoms with Crippen LogP contribution in [0.3, 0.4) is 0 Å². The number of hydrogen-bond donors (Lipinski definition) is 2. The summed E-state index contributed by atoms with van der Waals surface area (Å²) in [7, 11) is -3.99. The van der Waals surface area contributed by atoms with Crippen LogP contribution in [0.15, 0.2) is 110 Å². The van der Waals surface area contributed by atoms with Gasteiger partial charge >= 0.3 is 5.63 Å². The topological polar surface area (TPSA) is 137 Å². The van der Waals surface area contributed by atoms with Crippen LogP contribution in [0.2, 0.25) is 0 Å². The van der Waals surface area contributed by atoms with Gasteiger partial charge in [-0.05, 0) is 54.3 Å². The van der Waals surface area contributed by atoms with E-state index in [-0.39, 0.29) is 45.9 Å². The molecule has 0 saturated heterocycles. The van der Waals surface area contributed by atoms with E-state index < -0.39 is 37.6 Å². The van der Waals surface area contributed by atoms with Gasteiger partial charge in [0.25, 0.3) is 0 Å². The van der Waals surface area contributed by atoms with Crippen LogP contribution in [0.25, 0.3) is 0 Å². The third-order valence-electron chi connectivity index (χ3n) is 7.79. The molecule has 0 aliphatic heterocycles. The van der Waals surface area contributed by atoms with Crippen molar-refractivity contribution >= 4 is 25.7 Å². The Morgan fingerprint density at radius 3 is 2.09 bits per heavy atom. The van der Waals surface area contributed by atoms with E-state index in [0.29, 0.717) is 12.0 Å². The maximum atomic E-state index is 13.5. The Hall–Kier alpha value is -3.97. The fourth-order valence-electron chi connectivity index (χ4n) is 5.38. The summed E-state index contributed by atoms with van der Waals surface area (Å²) >= 11 is 0. The second-order valence-electron chi connectivity index (χ2n) is 10.9. The van der Waals surface area contributed by atoms with Crippen LogP contribution in [-0.4, -0.2) is 52.9 Å². The van der Waals surface area contributed by atoms with Crippen molar-refractivity contribution in [3.63, 3.8) is 0 Å². The fourth-order valence-corrected chi connectivity index (χ4v) is 8.12. The van der Waals surface area contributed by atoms with E-state index in [1.165, 1.54) is 18.2 Å². The average molecular weight is 638 g/mol. The number of sulfonamides is 2. The smallest absolute Gasteiger partial charge is 0.343 e. The highest BCUT2D eigenvalue weighted by atomic mass is 32.2. The molecular formula is C32H35N3O7S2. The molecule has 1 heterocycles. The minimum Gasteiger partial charge on any atom is -0.507 e. The Kier molecular flexibility index (Phi) is 8.98. The fraction of sp³-hybridized carbons (Fsp3) is 0.281. The summed E-state index contributed by atoms with van der Waals surface area (Å²) in [5, 5.41) is 11.2. The van der Waals surface area contributed by atoms with Crippen molar-refractivity contribution in [1.82, 2.24) is 9.03 Å². The SMILES string of the molecule is CCN(Cc1cc(O)c(C(c2ccccc2)C2CC2NS(=O)(=O)c2ccc(N(C)C)cc2)c(=O)o1)S(=O)(=O)c1ccccc1. The van der Waals surface area contributed by atoms with Crippen molar-refractivity contribution in [2.75, 3.05) is 25.5 Å². The lowest BCUT2D eigenvalue weighted by molar-refractivity contribution is 0.345. The van der Waals surface area contributed by atoms with Crippen LogP contribution in [0.1, 0.15) is 36.1 Å². The number of anilines is 1.